The van der Waals surface area contributed by atoms with Crippen LogP contribution in [-0.2, 0) is 16.9 Å². The molecule has 5 nitrogen and oxygen atoms in total. The van der Waals surface area contributed by atoms with Crippen molar-refractivity contribution in [3.63, 3.8) is 0 Å². The van der Waals surface area contributed by atoms with E-state index in [2.05, 4.69) is 10.3 Å². The Hall–Kier alpha value is -2.25. The summed E-state index contributed by atoms with van der Waals surface area (Å²) >= 11 is 7.61. The Bertz CT molecular complexity index is 1120. The van der Waals surface area contributed by atoms with Gasteiger partial charge in [-0.1, -0.05) is 17.7 Å². The molecule has 0 aliphatic rings. The summed E-state index contributed by atoms with van der Waals surface area (Å²) in [4.78, 5) is 31.3. The molecule has 0 aliphatic heterocycles. The quantitative estimate of drug-likeness (QED) is 0.667. The topological polar surface area (TPSA) is 64.0 Å². The van der Waals surface area contributed by atoms with E-state index < -0.39 is 11.4 Å². The highest BCUT2D eigenvalue weighted by atomic mass is 35.5. The van der Waals surface area contributed by atoms with E-state index in [0.29, 0.717) is 15.8 Å². The number of aryl methyl sites for hydroxylation is 3. The SMILES string of the molecule is Cc1sc2ncn(CCC(=O)NC(C)(C)c3ccc(F)cc3Cl)c(=O)c2c1C. The molecule has 0 fully saturated rings. The lowest BCUT2D eigenvalue weighted by Crippen LogP contribution is -2.41. The molecule has 2 aromatic heterocycles. The molecule has 1 N–H and O–H groups in total. The van der Waals surface area contributed by atoms with Crippen molar-refractivity contribution in [2.75, 3.05) is 0 Å². The molecule has 148 valence electrons. The van der Waals surface area contributed by atoms with E-state index in [0.717, 1.165) is 10.4 Å². The van der Waals surface area contributed by atoms with Gasteiger partial charge in [-0.25, -0.2) is 9.37 Å². The molecule has 0 atom stereocenters. The summed E-state index contributed by atoms with van der Waals surface area (Å²) in [6, 6.07) is 4.08. The third-order valence-corrected chi connectivity index (χ3v) is 6.22. The Morgan fingerprint density at radius 2 is 2.07 bits per heavy atom. The first kappa shape index (κ1) is 20.5. The largest absolute Gasteiger partial charge is 0.347 e. The monoisotopic (exact) mass is 421 g/mol. The summed E-state index contributed by atoms with van der Waals surface area (Å²) in [5, 5.41) is 3.76. The van der Waals surface area contributed by atoms with Crippen LogP contribution in [0.2, 0.25) is 5.02 Å². The Labute approximate surface area is 171 Å². The van der Waals surface area contributed by atoms with Gasteiger partial charge in [-0.15, -0.1) is 11.3 Å². The van der Waals surface area contributed by atoms with E-state index in [9.17, 15) is 14.0 Å². The van der Waals surface area contributed by atoms with E-state index in [4.69, 9.17) is 11.6 Å². The number of aromatic nitrogens is 2. The summed E-state index contributed by atoms with van der Waals surface area (Å²) in [5.41, 5.74) is 0.633. The molecule has 8 heteroatoms. The lowest BCUT2D eigenvalue weighted by molar-refractivity contribution is -0.123. The maximum Gasteiger partial charge on any atom is 0.262 e. The van der Waals surface area contributed by atoms with Gasteiger partial charge in [-0.2, -0.15) is 0 Å². The summed E-state index contributed by atoms with van der Waals surface area (Å²) < 4.78 is 14.7. The minimum atomic E-state index is -0.782. The van der Waals surface area contributed by atoms with Crippen molar-refractivity contribution in [1.82, 2.24) is 14.9 Å². The number of thiophene rings is 1. The zero-order valence-corrected chi connectivity index (χ0v) is 17.7. The van der Waals surface area contributed by atoms with Crippen LogP contribution in [0.3, 0.4) is 0 Å². The van der Waals surface area contributed by atoms with Gasteiger partial charge in [0, 0.05) is 22.9 Å². The second-order valence-corrected chi connectivity index (χ2v) is 8.86. The number of rotatable bonds is 5. The van der Waals surface area contributed by atoms with Gasteiger partial charge in [-0.05, 0) is 51.0 Å². The summed E-state index contributed by atoms with van der Waals surface area (Å²) in [7, 11) is 0. The van der Waals surface area contributed by atoms with Gasteiger partial charge >= 0.3 is 0 Å². The van der Waals surface area contributed by atoms with Gasteiger partial charge in [0.1, 0.15) is 10.6 Å². The molecule has 0 radical (unpaired) electrons. The van der Waals surface area contributed by atoms with Crippen molar-refractivity contribution in [3.8, 4) is 0 Å². The minimum absolute atomic E-state index is 0.109. The molecule has 0 bridgehead atoms. The van der Waals surface area contributed by atoms with Crippen molar-refractivity contribution in [1.29, 1.82) is 0 Å². The van der Waals surface area contributed by atoms with E-state index in [-0.39, 0.29) is 29.5 Å². The van der Waals surface area contributed by atoms with E-state index >= 15 is 0 Å². The van der Waals surface area contributed by atoms with Crippen LogP contribution in [0.15, 0.2) is 29.3 Å². The second kappa shape index (κ2) is 7.64. The third-order valence-electron chi connectivity index (χ3n) is 4.79. The Balaban J connectivity index is 1.74. The number of amides is 1. The summed E-state index contributed by atoms with van der Waals surface area (Å²) in [6.45, 7) is 7.67. The molecule has 3 rings (SSSR count). The number of hydrogen-bond donors (Lipinski definition) is 1. The standard InChI is InChI=1S/C20H21ClFN3O2S/c1-11-12(2)28-18-17(11)19(27)25(10-23-18)8-7-16(26)24-20(3,4)14-6-5-13(22)9-15(14)21/h5-6,9-10H,7-8H2,1-4H3,(H,24,26). The zero-order valence-electron chi connectivity index (χ0n) is 16.1. The van der Waals surface area contributed by atoms with Gasteiger partial charge in [0.2, 0.25) is 5.91 Å². The van der Waals surface area contributed by atoms with Crippen molar-refractivity contribution in [2.24, 2.45) is 0 Å². The molecule has 2 heterocycles. The fraction of sp³-hybridized carbons (Fsp3) is 0.350. The van der Waals surface area contributed by atoms with Crippen molar-refractivity contribution >= 4 is 39.1 Å². The predicted molar refractivity (Wildman–Crippen MR) is 111 cm³/mol. The minimum Gasteiger partial charge on any atom is -0.347 e. The first-order chi connectivity index (χ1) is 13.1. The number of nitrogens with zero attached hydrogens (tertiary/aromatic N) is 2. The zero-order chi connectivity index (χ0) is 20.6. The molecular formula is C20H21ClFN3O2S. The van der Waals surface area contributed by atoms with Gasteiger partial charge < -0.3 is 5.32 Å². The highest BCUT2D eigenvalue weighted by Crippen LogP contribution is 2.28. The van der Waals surface area contributed by atoms with Crippen LogP contribution in [0, 0.1) is 19.7 Å². The van der Waals surface area contributed by atoms with E-state index in [1.165, 1.54) is 34.4 Å². The Morgan fingerprint density at radius 3 is 2.75 bits per heavy atom. The third kappa shape index (κ3) is 3.95. The maximum absolute atomic E-state index is 13.3. The smallest absolute Gasteiger partial charge is 0.262 e. The van der Waals surface area contributed by atoms with Crippen LogP contribution in [-0.4, -0.2) is 15.5 Å². The summed E-state index contributed by atoms with van der Waals surface area (Å²) in [5.74, 6) is -0.673. The Kier molecular flexibility index (Phi) is 5.59. The fourth-order valence-electron chi connectivity index (χ4n) is 3.13. The molecular weight excluding hydrogens is 401 g/mol. The molecule has 0 saturated heterocycles. The first-order valence-electron chi connectivity index (χ1n) is 8.82. The van der Waals surface area contributed by atoms with Crippen LogP contribution in [0.4, 0.5) is 4.39 Å². The Morgan fingerprint density at radius 1 is 1.36 bits per heavy atom. The van der Waals surface area contributed by atoms with E-state index in [1.807, 2.05) is 13.8 Å². The maximum atomic E-state index is 13.3. The van der Waals surface area contributed by atoms with Crippen LogP contribution >= 0.6 is 22.9 Å². The van der Waals surface area contributed by atoms with Crippen molar-refractivity contribution < 1.29 is 9.18 Å². The summed E-state index contributed by atoms with van der Waals surface area (Å²) in [6.07, 6.45) is 1.59. The molecule has 1 aromatic carbocycles. The normalized spacial score (nSPS) is 11.8. The molecule has 28 heavy (non-hydrogen) atoms. The molecule has 0 aliphatic carbocycles. The highest BCUT2D eigenvalue weighted by molar-refractivity contribution is 7.18. The van der Waals surface area contributed by atoms with Gasteiger partial charge in [0.25, 0.3) is 5.56 Å². The first-order valence-corrected chi connectivity index (χ1v) is 10.0. The second-order valence-electron chi connectivity index (χ2n) is 7.25. The number of benzene rings is 1. The average molecular weight is 422 g/mol. The lowest BCUT2D eigenvalue weighted by Gasteiger charge is -2.28. The fourth-order valence-corrected chi connectivity index (χ4v) is 4.52. The van der Waals surface area contributed by atoms with Gasteiger partial charge in [0.05, 0.1) is 17.3 Å². The van der Waals surface area contributed by atoms with Crippen LogP contribution < -0.4 is 10.9 Å². The van der Waals surface area contributed by atoms with Gasteiger partial charge in [0.15, 0.2) is 0 Å². The lowest BCUT2D eigenvalue weighted by atomic mass is 9.94. The van der Waals surface area contributed by atoms with Gasteiger partial charge in [-0.3, -0.25) is 14.2 Å². The molecule has 0 unspecified atom stereocenters. The van der Waals surface area contributed by atoms with Crippen molar-refractivity contribution in [3.05, 3.63) is 61.7 Å². The average Bonchev–Trinajstić information content (AvgIpc) is 2.88. The number of carbonyl (C=O) groups is 1. The van der Waals surface area contributed by atoms with Crippen LogP contribution in [0.1, 0.15) is 36.3 Å². The number of fused-ring (bicyclic) bond motifs is 1. The van der Waals surface area contributed by atoms with Crippen molar-refractivity contribution in [2.45, 2.75) is 46.2 Å². The predicted octanol–water partition coefficient (Wildman–Crippen LogP) is 4.31. The highest BCUT2D eigenvalue weighted by Gasteiger charge is 2.25. The number of hydrogen-bond acceptors (Lipinski definition) is 4. The number of halogens is 2. The molecule has 3 aromatic rings. The molecule has 1 amide bonds. The number of carbonyl (C=O) groups excluding carboxylic acids is 1. The van der Waals surface area contributed by atoms with E-state index in [1.54, 1.807) is 19.9 Å². The number of nitrogens with one attached hydrogen (secondary N) is 1. The molecule has 0 spiro atoms. The van der Waals surface area contributed by atoms with Crippen LogP contribution in [0.5, 0.6) is 0 Å². The van der Waals surface area contributed by atoms with Crippen LogP contribution in [0.25, 0.3) is 10.2 Å². The molecule has 0 saturated carbocycles.